The Hall–Kier alpha value is -0.340. The second kappa shape index (κ2) is 6.20. The molecule has 0 unspecified atom stereocenters. The van der Waals surface area contributed by atoms with E-state index >= 15 is 0 Å². The quantitative estimate of drug-likeness (QED) is 0.539. The second-order valence-corrected chi connectivity index (χ2v) is 4.46. The highest BCUT2D eigenvalue weighted by atomic mass is 16.5. The molecule has 1 rings (SSSR count). The maximum atomic E-state index is 5.37. The predicted molar refractivity (Wildman–Crippen MR) is 60.5 cm³/mol. The van der Waals surface area contributed by atoms with Gasteiger partial charge in [-0.1, -0.05) is 19.1 Å². The Morgan fingerprint density at radius 2 is 2.07 bits per heavy atom. The van der Waals surface area contributed by atoms with E-state index in [1.165, 1.54) is 12.8 Å². The number of ether oxygens (including phenoxy) is 1. The van der Waals surface area contributed by atoms with Gasteiger partial charge in [0.05, 0.1) is 0 Å². The summed E-state index contributed by atoms with van der Waals surface area (Å²) in [6.45, 7) is 8.53. The number of hydrogen-bond acceptors (Lipinski definition) is 2. The number of allylic oxidation sites excluding steroid dienone is 1. The average Bonchev–Trinajstić information content (AvgIpc) is 2.18. The van der Waals surface area contributed by atoms with Crippen molar-refractivity contribution in [2.24, 2.45) is 5.41 Å². The smallest absolute Gasteiger partial charge is 0.0471 e. The van der Waals surface area contributed by atoms with Gasteiger partial charge in [-0.3, -0.25) is 0 Å². The summed E-state index contributed by atoms with van der Waals surface area (Å²) < 4.78 is 5.37. The highest BCUT2D eigenvalue weighted by molar-refractivity contribution is 4.81. The minimum absolute atomic E-state index is 0.466. The van der Waals surface area contributed by atoms with Gasteiger partial charge in [-0.15, -0.1) is 0 Å². The van der Waals surface area contributed by atoms with Gasteiger partial charge in [-0.05, 0) is 38.1 Å². The molecule has 1 N–H and O–H groups in total. The standard InChI is InChI=1S/C12H23NO/c1-3-4-5-8-13-11-12(2)6-9-14-10-7-12/h3-4,13H,5-11H2,1-2H3/b4-3+. The summed E-state index contributed by atoms with van der Waals surface area (Å²) in [5.41, 5.74) is 0.466. The molecule has 0 atom stereocenters. The van der Waals surface area contributed by atoms with Crippen molar-refractivity contribution in [2.45, 2.75) is 33.1 Å². The van der Waals surface area contributed by atoms with Gasteiger partial charge in [-0.25, -0.2) is 0 Å². The Kier molecular flexibility index (Phi) is 5.20. The highest BCUT2D eigenvalue weighted by Crippen LogP contribution is 2.28. The Balaban J connectivity index is 2.09. The van der Waals surface area contributed by atoms with Crippen LogP contribution in [0.2, 0.25) is 0 Å². The van der Waals surface area contributed by atoms with E-state index in [0.29, 0.717) is 5.41 Å². The van der Waals surface area contributed by atoms with Crippen LogP contribution in [-0.2, 0) is 4.74 Å². The average molecular weight is 197 g/mol. The third-order valence-corrected chi connectivity index (χ3v) is 2.98. The summed E-state index contributed by atoms with van der Waals surface area (Å²) in [6, 6.07) is 0. The zero-order valence-electron chi connectivity index (χ0n) is 9.51. The molecule has 0 aromatic rings. The molecule has 0 aliphatic carbocycles. The molecular formula is C12H23NO. The van der Waals surface area contributed by atoms with Gasteiger partial charge in [0.2, 0.25) is 0 Å². The number of rotatable bonds is 5. The highest BCUT2D eigenvalue weighted by Gasteiger charge is 2.26. The van der Waals surface area contributed by atoms with E-state index in [0.717, 1.165) is 32.7 Å². The van der Waals surface area contributed by atoms with Crippen LogP contribution in [0.3, 0.4) is 0 Å². The molecule has 1 aliphatic rings. The maximum Gasteiger partial charge on any atom is 0.0471 e. The Morgan fingerprint density at radius 3 is 2.71 bits per heavy atom. The Labute approximate surface area is 87.7 Å². The van der Waals surface area contributed by atoms with E-state index < -0.39 is 0 Å². The zero-order valence-corrected chi connectivity index (χ0v) is 9.51. The number of hydrogen-bond donors (Lipinski definition) is 1. The van der Waals surface area contributed by atoms with Crippen LogP contribution in [0.4, 0.5) is 0 Å². The van der Waals surface area contributed by atoms with Gasteiger partial charge in [0.25, 0.3) is 0 Å². The number of nitrogens with one attached hydrogen (secondary N) is 1. The van der Waals surface area contributed by atoms with Crippen molar-refractivity contribution in [2.75, 3.05) is 26.3 Å². The van der Waals surface area contributed by atoms with Crippen molar-refractivity contribution >= 4 is 0 Å². The van der Waals surface area contributed by atoms with Crippen LogP contribution >= 0.6 is 0 Å². The molecule has 0 spiro atoms. The summed E-state index contributed by atoms with van der Waals surface area (Å²) in [4.78, 5) is 0. The lowest BCUT2D eigenvalue weighted by Crippen LogP contribution is -2.37. The summed E-state index contributed by atoms with van der Waals surface area (Å²) in [5.74, 6) is 0. The van der Waals surface area contributed by atoms with Crippen molar-refractivity contribution in [3.05, 3.63) is 12.2 Å². The molecule has 0 amide bonds. The van der Waals surface area contributed by atoms with E-state index in [2.05, 4.69) is 31.3 Å². The van der Waals surface area contributed by atoms with E-state index in [-0.39, 0.29) is 0 Å². The van der Waals surface area contributed by atoms with Crippen LogP contribution in [0.5, 0.6) is 0 Å². The fraction of sp³-hybridized carbons (Fsp3) is 0.833. The minimum atomic E-state index is 0.466. The lowest BCUT2D eigenvalue weighted by atomic mass is 9.82. The molecule has 14 heavy (non-hydrogen) atoms. The first-order chi connectivity index (χ1) is 6.77. The van der Waals surface area contributed by atoms with Gasteiger partial charge < -0.3 is 10.1 Å². The molecular weight excluding hydrogens is 174 g/mol. The van der Waals surface area contributed by atoms with Crippen LogP contribution in [-0.4, -0.2) is 26.3 Å². The molecule has 1 fully saturated rings. The van der Waals surface area contributed by atoms with Crippen LogP contribution < -0.4 is 5.32 Å². The molecule has 0 bridgehead atoms. The first kappa shape index (κ1) is 11.7. The van der Waals surface area contributed by atoms with Crippen molar-refractivity contribution < 1.29 is 4.74 Å². The van der Waals surface area contributed by atoms with Crippen molar-refractivity contribution in [1.82, 2.24) is 5.32 Å². The van der Waals surface area contributed by atoms with Crippen molar-refractivity contribution in [1.29, 1.82) is 0 Å². The Morgan fingerprint density at radius 1 is 1.36 bits per heavy atom. The van der Waals surface area contributed by atoms with Gasteiger partial charge >= 0.3 is 0 Å². The van der Waals surface area contributed by atoms with Crippen LogP contribution in [0.25, 0.3) is 0 Å². The summed E-state index contributed by atoms with van der Waals surface area (Å²) >= 11 is 0. The minimum Gasteiger partial charge on any atom is -0.381 e. The van der Waals surface area contributed by atoms with Crippen molar-refractivity contribution in [3.63, 3.8) is 0 Å². The van der Waals surface area contributed by atoms with Gasteiger partial charge in [0, 0.05) is 19.8 Å². The van der Waals surface area contributed by atoms with Gasteiger partial charge in [0.15, 0.2) is 0 Å². The molecule has 1 heterocycles. The third kappa shape index (κ3) is 4.25. The summed E-state index contributed by atoms with van der Waals surface area (Å²) in [7, 11) is 0. The fourth-order valence-corrected chi connectivity index (χ4v) is 1.78. The Bertz CT molecular complexity index is 171. The van der Waals surface area contributed by atoms with E-state index in [1.807, 2.05) is 0 Å². The van der Waals surface area contributed by atoms with Crippen LogP contribution in [0.1, 0.15) is 33.1 Å². The molecule has 82 valence electrons. The fourth-order valence-electron chi connectivity index (χ4n) is 1.78. The first-order valence-electron chi connectivity index (χ1n) is 5.66. The zero-order chi connectivity index (χ0) is 10.3. The van der Waals surface area contributed by atoms with E-state index in [9.17, 15) is 0 Å². The van der Waals surface area contributed by atoms with Crippen LogP contribution in [0.15, 0.2) is 12.2 Å². The topological polar surface area (TPSA) is 21.3 Å². The molecule has 0 aromatic heterocycles. The molecule has 1 saturated heterocycles. The summed E-state index contributed by atoms with van der Waals surface area (Å²) in [5, 5.41) is 3.52. The lowest BCUT2D eigenvalue weighted by molar-refractivity contribution is 0.0243. The van der Waals surface area contributed by atoms with E-state index in [4.69, 9.17) is 4.74 Å². The first-order valence-corrected chi connectivity index (χ1v) is 5.66. The molecule has 0 radical (unpaired) electrons. The summed E-state index contributed by atoms with van der Waals surface area (Å²) in [6.07, 6.45) is 7.85. The predicted octanol–water partition coefficient (Wildman–Crippen LogP) is 2.36. The molecule has 2 nitrogen and oxygen atoms in total. The van der Waals surface area contributed by atoms with Gasteiger partial charge in [0.1, 0.15) is 0 Å². The maximum absolute atomic E-state index is 5.37. The molecule has 0 saturated carbocycles. The SMILES string of the molecule is C/C=C/CCNCC1(C)CCOCC1. The molecule has 1 aliphatic heterocycles. The third-order valence-electron chi connectivity index (χ3n) is 2.98. The van der Waals surface area contributed by atoms with Crippen molar-refractivity contribution in [3.8, 4) is 0 Å². The molecule has 0 aromatic carbocycles. The van der Waals surface area contributed by atoms with Crippen LogP contribution in [0, 0.1) is 5.41 Å². The normalized spacial score (nSPS) is 21.6. The van der Waals surface area contributed by atoms with E-state index in [1.54, 1.807) is 0 Å². The van der Waals surface area contributed by atoms with Gasteiger partial charge in [-0.2, -0.15) is 0 Å². The second-order valence-electron chi connectivity index (χ2n) is 4.46. The molecule has 2 heteroatoms. The largest absolute Gasteiger partial charge is 0.381 e. The monoisotopic (exact) mass is 197 g/mol. The lowest BCUT2D eigenvalue weighted by Gasteiger charge is -2.33.